The SMILES string of the molecule is O=S(=O)(CC1CC1)NCC1(CBr)CCCCC1. The van der Waals surface area contributed by atoms with Gasteiger partial charge in [-0.1, -0.05) is 35.2 Å². The van der Waals surface area contributed by atoms with Crippen LogP contribution in [0.3, 0.4) is 0 Å². The van der Waals surface area contributed by atoms with Crippen molar-refractivity contribution in [3.8, 4) is 0 Å². The van der Waals surface area contributed by atoms with Gasteiger partial charge in [0.1, 0.15) is 0 Å². The van der Waals surface area contributed by atoms with Gasteiger partial charge in [-0.2, -0.15) is 0 Å². The number of halogens is 1. The van der Waals surface area contributed by atoms with Gasteiger partial charge in [-0.15, -0.1) is 0 Å². The summed E-state index contributed by atoms with van der Waals surface area (Å²) < 4.78 is 26.5. The lowest BCUT2D eigenvalue weighted by Crippen LogP contribution is -2.41. The van der Waals surface area contributed by atoms with Gasteiger partial charge in [0.2, 0.25) is 10.0 Å². The zero-order chi connectivity index (χ0) is 12.4. The molecule has 0 saturated heterocycles. The Morgan fingerprint density at radius 1 is 1.18 bits per heavy atom. The van der Waals surface area contributed by atoms with Crippen LogP contribution in [0, 0.1) is 11.3 Å². The minimum Gasteiger partial charge on any atom is -0.215 e. The second kappa shape index (κ2) is 5.57. The van der Waals surface area contributed by atoms with Crippen LogP contribution in [0.1, 0.15) is 44.9 Å². The molecule has 5 heteroatoms. The van der Waals surface area contributed by atoms with Crippen LogP contribution >= 0.6 is 15.9 Å². The third-order valence-electron chi connectivity index (χ3n) is 4.02. The molecule has 0 aliphatic heterocycles. The van der Waals surface area contributed by atoms with E-state index in [2.05, 4.69) is 20.7 Å². The van der Waals surface area contributed by atoms with Gasteiger partial charge in [0.05, 0.1) is 5.75 Å². The second-order valence-electron chi connectivity index (χ2n) is 5.74. The van der Waals surface area contributed by atoms with E-state index in [4.69, 9.17) is 0 Å². The van der Waals surface area contributed by atoms with Gasteiger partial charge in [-0.3, -0.25) is 0 Å². The molecule has 2 saturated carbocycles. The summed E-state index contributed by atoms with van der Waals surface area (Å²) in [4.78, 5) is 0. The van der Waals surface area contributed by atoms with E-state index in [9.17, 15) is 8.42 Å². The predicted octanol–water partition coefficient (Wildman–Crippen LogP) is 2.66. The van der Waals surface area contributed by atoms with Crippen molar-refractivity contribution in [3.63, 3.8) is 0 Å². The smallest absolute Gasteiger partial charge is 0.211 e. The number of alkyl halides is 1. The van der Waals surface area contributed by atoms with E-state index in [-0.39, 0.29) is 5.41 Å². The number of hydrogen-bond acceptors (Lipinski definition) is 2. The highest BCUT2D eigenvalue weighted by Gasteiger charge is 2.33. The van der Waals surface area contributed by atoms with Crippen LogP contribution in [0.25, 0.3) is 0 Å². The molecule has 0 aromatic heterocycles. The summed E-state index contributed by atoms with van der Waals surface area (Å²) in [5, 5.41) is 0.909. The van der Waals surface area contributed by atoms with E-state index >= 15 is 0 Å². The summed E-state index contributed by atoms with van der Waals surface area (Å²) in [5.74, 6) is 0.768. The van der Waals surface area contributed by atoms with E-state index in [1.54, 1.807) is 0 Å². The zero-order valence-corrected chi connectivity index (χ0v) is 12.7. The van der Waals surface area contributed by atoms with Crippen molar-refractivity contribution < 1.29 is 8.42 Å². The van der Waals surface area contributed by atoms with Crippen molar-refractivity contribution in [3.05, 3.63) is 0 Å². The first kappa shape index (κ1) is 13.8. The fraction of sp³-hybridized carbons (Fsp3) is 1.00. The summed E-state index contributed by atoms with van der Waals surface area (Å²) in [6.45, 7) is 0.618. The first-order valence-electron chi connectivity index (χ1n) is 6.59. The number of hydrogen-bond donors (Lipinski definition) is 1. The molecule has 0 spiro atoms. The predicted molar refractivity (Wildman–Crippen MR) is 73.8 cm³/mol. The Labute approximate surface area is 113 Å². The summed E-state index contributed by atoms with van der Waals surface area (Å²) in [7, 11) is -3.04. The largest absolute Gasteiger partial charge is 0.215 e. The average Bonchev–Trinajstić information content (AvgIpc) is 3.11. The van der Waals surface area contributed by atoms with E-state index in [0.717, 1.165) is 31.0 Å². The molecule has 0 unspecified atom stereocenters. The topological polar surface area (TPSA) is 46.2 Å². The van der Waals surface area contributed by atoms with Crippen molar-refractivity contribution in [2.75, 3.05) is 17.6 Å². The Balaban J connectivity index is 1.85. The van der Waals surface area contributed by atoms with E-state index in [1.807, 2.05) is 0 Å². The molecule has 0 aromatic rings. The third-order valence-corrected chi connectivity index (χ3v) is 6.70. The molecule has 0 aromatic carbocycles. The van der Waals surface area contributed by atoms with Gasteiger partial charge < -0.3 is 0 Å². The van der Waals surface area contributed by atoms with E-state index in [0.29, 0.717) is 18.2 Å². The molecule has 2 aliphatic rings. The normalized spacial score (nSPS) is 24.8. The molecular weight excluding hydrogens is 302 g/mol. The minimum absolute atomic E-state index is 0.162. The van der Waals surface area contributed by atoms with Crippen molar-refractivity contribution in [1.82, 2.24) is 4.72 Å². The van der Waals surface area contributed by atoms with Crippen molar-refractivity contribution in [2.24, 2.45) is 11.3 Å². The maximum atomic E-state index is 11.9. The molecular formula is C12H22BrNO2S. The Kier molecular flexibility index (Phi) is 4.53. The second-order valence-corrected chi connectivity index (χ2v) is 8.15. The summed E-state index contributed by atoms with van der Waals surface area (Å²) in [5.41, 5.74) is 0.162. The minimum atomic E-state index is -3.04. The maximum Gasteiger partial charge on any atom is 0.211 e. The quantitative estimate of drug-likeness (QED) is 0.764. The van der Waals surface area contributed by atoms with Crippen molar-refractivity contribution in [2.45, 2.75) is 44.9 Å². The molecule has 1 N–H and O–H groups in total. The molecule has 2 aliphatic carbocycles. The van der Waals surface area contributed by atoms with E-state index < -0.39 is 10.0 Å². The monoisotopic (exact) mass is 323 g/mol. The van der Waals surface area contributed by atoms with Gasteiger partial charge >= 0.3 is 0 Å². The lowest BCUT2D eigenvalue weighted by atomic mass is 9.76. The molecule has 0 radical (unpaired) electrons. The summed E-state index contributed by atoms with van der Waals surface area (Å²) >= 11 is 3.56. The summed E-state index contributed by atoms with van der Waals surface area (Å²) in [6, 6.07) is 0. The highest BCUT2D eigenvalue weighted by Crippen LogP contribution is 2.37. The highest BCUT2D eigenvalue weighted by molar-refractivity contribution is 9.09. The zero-order valence-electron chi connectivity index (χ0n) is 10.3. The molecule has 2 fully saturated rings. The van der Waals surface area contributed by atoms with Crippen LogP contribution in [-0.4, -0.2) is 26.0 Å². The molecule has 0 amide bonds. The Morgan fingerprint density at radius 3 is 2.35 bits per heavy atom. The van der Waals surface area contributed by atoms with Crippen LogP contribution in [-0.2, 0) is 10.0 Å². The average molecular weight is 324 g/mol. The molecule has 0 bridgehead atoms. The number of nitrogens with one attached hydrogen (secondary N) is 1. The van der Waals surface area contributed by atoms with Crippen LogP contribution in [0.2, 0.25) is 0 Å². The van der Waals surface area contributed by atoms with Gasteiger partial charge in [0.15, 0.2) is 0 Å². The van der Waals surface area contributed by atoms with Crippen molar-refractivity contribution in [1.29, 1.82) is 0 Å². The highest BCUT2D eigenvalue weighted by atomic mass is 79.9. The van der Waals surface area contributed by atoms with Gasteiger partial charge in [-0.05, 0) is 37.0 Å². The Morgan fingerprint density at radius 2 is 1.82 bits per heavy atom. The third kappa shape index (κ3) is 4.21. The fourth-order valence-electron chi connectivity index (χ4n) is 2.58. The molecule has 17 heavy (non-hydrogen) atoms. The van der Waals surface area contributed by atoms with E-state index in [1.165, 1.54) is 19.3 Å². The first-order chi connectivity index (χ1) is 8.05. The maximum absolute atomic E-state index is 11.9. The van der Waals surface area contributed by atoms with Gasteiger partial charge in [0, 0.05) is 11.9 Å². The molecule has 100 valence electrons. The van der Waals surface area contributed by atoms with Gasteiger partial charge in [0.25, 0.3) is 0 Å². The van der Waals surface area contributed by atoms with Crippen LogP contribution in [0.5, 0.6) is 0 Å². The Hall–Kier alpha value is 0.390. The van der Waals surface area contributed by atoms with Crippen LogP contribution < -0.4 is 4.72 Å². The first-order valence-corrected chi connectivity index (χ1v) is 9.36. The molecule has 2 rings (SSSR count). The molecule has 3 nitrogen and oxygen atoms in total. The lowest BCUT2D eigenvalue weighted by Gasteiger charge is -2.35. The van der Waals surface area contributed by atoms with Gasteiger partial charge in [-0.25, -0.2) is 13.1 Å². The standard InChI is InChI=1S/C12H22BrNO2S/c13-9-12(6-2-1-3-7-12)10-14-17(15,16)8-11-4-5-11/h11,14H,1-10H2. The van der Waals surface area contributed by atoms with Crippen LogP contribution in [0.15, 0.2) is 0 Å². The Bertz CT molecular complexity index is 346. The number of sulfonamides is 1. The molecule has 0 atom stereocenters. The number of rotatable bonds is 6. The fourth-order valence-corrected chi connectivity index (χ4v) is 4.93. The van der Waals surface area contributed by atoms with Crippen LogP contribution in [0.4, 0.5) is 0 Å². The molecule has 0 heterocycles. The summed E-state index contributed by atoms with van der Waals surface area (Å²) in [6.07, 6.45) is 8.22. The lowest BCUT2D eigenvalue weighted by molar-refractivity contribution is 0.227. The van der Waals surface area contributed by atoms with Crippen molar-refractivity contribution >= 4 is 26.0 Å².